The van der Waals surface area contributed by atoms with Gasteiger partial charge < -0.3 is 19.2 Å². The molecule has 0 aromatic heterocycles. The molecule has 0 aliphatic rings. The van der Waals surface area contributed by atoms with Crippen LogP contribution in [-0.4, -0.2) is 0 Å². The largest absolute Gasteiger partial charge is 2.00 e. The Kier molecular flexibility index (Phi) is 25.3. The number of hydrogen-bond donors (Lipinski definition) is 0. The van der Waals surface area contributed by atoms with Crippen LogP contribution in [0.4, 0.5) is 0 Å². The van der Waals surface area contributed by atoms with Crippen LogP contribution in [0.1, 0.15) is 65.2 Å². The average molecular weight is 393 g/mol. The molecule has 0 amide bonds. The molecule has 7 heteroatoms. The van der Waals surface area contributed by atoms with Gasteiger partial charge in [0, 0.05) is 0 Å². The van der Waals surface area contributed by atoms with E-state index in [-0.39, 0.29) is 13.5 Å². The molecular weight excluding hydrogens is 367 g/mol. The van der Waals surface area contributed by atoms with E-state index < -0.39 is 7.82 Å². The fourth-order valence-electron chi connectivity index (χ4n) is 1.33. The van der Waals surface area contributed by atoms with E-state index in [9.17, 15) is 0 Å². The van der Waals surface area contributed by atoms with E-state index in [0.717, 1.165) is 0 Å². The van der Waals surface area contributed by atoms with Crippen molar-refractivity contribution in [2.45, 2.75) is 74.8 Å². The van der Waals surface area contributed by atoms with Crippen LogP contribution in [0.15, 0.2) is 0 Å². The Morgan fingerprint density at radius 2 is 1.16 bits per heavy atom. The minimum Gasteiger partial charge on any atom is -0.822 e. The smallest absolute Gasteiger partial charge is 0.822 e. The second-order valence-corrected chi connectivity index (χ2v) is 8.09. The van der Waals surface area contributed by atoms with Crippen molar-refractivity contribution in [3.8, 4) is 0 Å². The Balaban J connectivity index is -0.000000366. The van der Waals surface area contributed by atoms with Crippen molar-refractivity contribution in [3.63, 3.8) is 0 Å². The predicted octanol–water partition coefficient (Wildman–Crippen LogP) is 2.24. The molecule has 0 heterocycles. The third-order valence-electron chi connectivity index (χ3n) is 2.28. The van der Waals surface area contributed by atoms with Gasteiger partial charge in [0.1, 0.15) is 0 Å². The van der Waals surface area contributed by atoms with E-state index in [1.165, 1.54) is 51.4 Å². The van der Waals surface area contributed by atoms with Gasteiger partial charge in [-0.25, -0.2) is 0 Å². The van der Waals surface area contributed by atoms with Crippen molar-refractivity contribution < 1.29 is 37.8 Å². The number of unbranched alkanes of at least 4 members (excludes halogenated alkanes) is 6. The van der Waals surface area contributed by atoms with Gasteiger partial charge >= 0.3 is 107 Å². The molecule has 0 unspecified atom stereocenters. The topological polar surface area (TPSA) is 86.2 Å². The van der Waals surface area contributed by atoms with Gasteiger partial charge in [0.2, 0.25) is 0 Å². The molecular formula is C12H26MoO4PS+. The van der Waals surface area contributed by atoms with E-state index >= 15 is 0 Å². The SMILES string of the molecule is CCCCCCC[CH2][Mo+2][CH2]CCC.O=P([O-])([O-])[O-].[S+2]. The van der Waals surface area contributed by atoms with Gasteiger partial charge in [-0.1, -0.05) is 0 Å². The zero-order valence-electron chi connectivity index (χ0n) is 12.0. The molecule has 0 aliphatic heterocycles. The Hall–Kier alpha value is 1.15. The first-order valence-electron chi connectivity index (χ1n) is 6.72. The zero-order valence-corrected chi connectivity index (χ0v) is 15.7. The van der Waals surface area contributed by atoms with Crippen molar-refractivity contribution >= 4 is 21.3 Å². The molecule has 0 atom stereocenters. The normalized spacial score (nSPS) is 10.2. The molecule has 0 aromatic rings. The number of rotatable bonds is 10. The third kappa shape index (κ3) is 45.3. The molecule has 0 N–H and O–H groups in total. The molecule has 0 bridgehead atoms. The second kappa shape index (κ2) is 19.1. The molecule has 4 nitrogen and oxygen atoms in total. The molecule has 0 fully saturated rings. The quantitative estimate of drug-likeness (QED) is 0.324. The number of phosphoric acid groups is 1. The summed E-state index contributed by atoms with van der Waals surface area (Å²) in [5, 5.41) is 0. The van der Waals surface area contributed by atoms with E-state index in [0.29, 0.717) is 18.6 Å². The first-order valence-corrected chi connectivity index (χ1v) is 11.0. The van der Waals surface area contributed by atoms with Crippen molar-refractivity contribution in [2.75, 3.05) is 0 Å². The molecule has 0 saturated carbocycles. The van der Waals surface area contributed by atoms with Crippen molar-refractivity contribution in [1.82, 2.24) is 0 Å². The molecule has 4 radical (unpaired) electrons. The van der Waals surface area contributed by atoms with Crippen LogP contribution in [0, 0.1) is 0 Å². The molecule has 0 spiro atoms. The van der Waals surface area contributed by atoms with Crippen LogP contribution in [-0.2, 0) is 36.6 Å². The average Bonchev–Trinajstić information content (AvgIpc) is 2.25. The van der Waals surface area contributed by atoms with Crippen LogP contribution < -0.4 is 14.7 Å². The van der Waals surface area contributed by atoms with Crippen LogP contribution in [0.5, 0.6) is 0 Å². The van der Waals surface area contributed by atoms with Gasteiger partial charge in [-0.3, -0.25) is 0 Å². The maximum Gasteiger partial charge on any atom is 2.00 e. The Morgan fingerprint density at radius 3 is 1.63 bits per heavy atom. The Labute approximate surface area is 134 Å². The number of hydrogen-bond acceptors (Lipinski definition) is 4. The standard InChI is InChI=1S/C8H17.C4H9.Mo.H3O4P.S/c1-3-5-7-8-6-4-2;1-3-4-2;;1-5(2,3)4;/h1,3-8H2,2H3;1,3-4H2,2H3;;(H3,1,2,3,4);/q;;+2;;+2/p-3. The summed E-state index contributed by atoms with van der Waals surface area (Å²) in [6, 6.07) is 0. The Bertz CT molecular complexity index is 184. The fraction of sp³-hybridized carbons (Fsp3) is 1.00. The summed E-state index contributed by atoms with van der Waals surface area (Å²) in [6.45, 7) is 4.59. The maximum absolute atomic E-state index is 8.55. The van der Waals surface area contributed by atoms with Gasteiger partial charge in [0.25, 0.3) is 0 Å². The minimum absolute atomic E-state index is 0. The van der Waals surface area contributed by atoms with Gasteiger partial charge in [-0.2, -0.15) is 7.82 Å². The molecule has 19 heavy (non-hydrogen) atoms. The summed E-state index contributed by atoms with van der Waals surface area (Å²) in [5.41, 5.74) is 0. The van der Waals surface area contributed by atoms with Crippen LogP contribution in [0.3, 0.4) is 0 Å². The molecule has 0 aliphatic carbocycles. The Morgan fingerprint density at radius 1 is 0.789 bits per heavy atom. The maximum atomic E-state index is 8.55. The van der Waals surface area contributed by atoms with Gasteiger partial charge in [-0.05, 0) is 0 Å². The van der Waals surface area contributed by atoms with Crippen molar-refractivity contribution in [1.29, 1.82) is 0 Å². The molecule has 0 saturated heterocycles. The van der Waals surface area contributed by atoms with Crippen molar-refractivity contribution in [2.24, 2.45) is 0 Å². The first-order chi connectivity index (χ1) is 8.41. The fourth-order valence-corrected chi connectivity index (χ4v) is 4.05. The zero-order chi connectivity index (χ0) is 14.3. The predicted molar refractivity (Wildman–Crippen MR) is 72.9 cm³/mol. The van der Waals surface area contributed by atoms with Crippen molar-refractivity contribution in [3.05, 3.63) is 0 Å². The van der Waals surface area contributed by atoms with Gasteiger partial charge in [0.15, 0.2) is 0 Å². The van der Waals surface area contributed by atoms with Crippen LogP contribution in [0.2, 0.25) is 9.62 Å². The second-order valence-electron chi connectivity index (χ2n) is 4.18. The third-order valence-corrected chi connectivity index (χ3v) is 5.12. The summed E-state index contributed by atoms with van der Waals surface area (Å²) in [4.78, 5) is 28.8. The summed E-state index contributed by atoms with van der Waals surface area (Å²) in [6.07, 6.45) is 11.8. The summed E-state index contributed by atoms with van der Waals surface area (Å²) >= 11 is 0.432. The first kappa shape index (κ1) is 25.1. The molecule has 114 valence electrons. The monoisotopic (exact) mass is 395 g/mol. The minimum atomic E-state index is -5.39. The van der Waals surface area contributed by atoms with Crippen LogP contribution in [0.25, 0.3) is 0 Å². The molecule has 0 rings (SSSR count). The summed E-state index contributed by atoms with van der Waals surface area (Å²) < 4.78 is 8.55. The van der Waals surface area contributed by atoms with E-state index in [1.54, 1.807) is 9.62 Å². The van der Waals surface area contributed by atoms with E-state index in [2.05, 4.69) is 13.8 Å². The van der Waals surface area contributed by atoms with Gasteiger partial charge in [0.05, 0.1) is 0 Å². The van der Waals surface area contributed by atoms with E-state index in [4.69, 9.17) is 19.2 Å². The van der Waals surface area contributed by atoms with Crippen LogP contribution >= 0.6 is 7.82 Å². The summed E-state index contributed by atoms with van der Waals surface area (Å²) in [5.74, 6) is 0. The summed E-state index contributed by atoms with van der Waals surface area (Å²) in [7, 11) is -5.39. The molecule has 0 aromatic carbocycles. The van der Waals surface area contributed by atoms with E-state index in [1.807, 2.05) is 0 Å². The van der Waals surface area contributed by atoms with Gasteiger partial charge in [-0.15, -0.1) is 0 Å².